The van der Waals surface area contributed by atoms with E-state index in [1.165, 1.54) is 6.42 Å². The summed E-state index contributed by atoms with van der Waals surface area (Å²) < 4.78 is 5.70. The van der Waals surface area contributed by atoms with Gasteiger partial charge in [-0.3, -0.25) is 9.59 Å². The number of nitrogens with zero attached hydrogens (tertiary/aromatic N) is 2. The molecule has 0 bridgehead atoms. The normalized spacial score (nSPS) is 23.5. The molecule has 2 fully saturated rings. The molecule has 2 aliphatic heterocycles. The molecule has 1 aromatic carbocycles. The maximum Gasteiger partial charge on any atom is 0.260 e. The molecule has 2 unspecified atom stereocenters. The molecule has 0 aromatic heterocycles. The van der Waals surface area contributed by atoms with Crippen molar-refractivity contribution in [3.8, 4) is 5.75 Å². The monoisotopic (exact) mass is 387 g/mol. The number of carbonyl (C=O) groups excluding carboxylic acids is 2. The van der Waals surface area contributed by atoms with Crippen LogP contribution in [0.2, 0.25) is 0 Å². The van der Waals surface area contributed by atoms with Gasteiger partial charge in [-0.05, 0) is 77.3 Å². The summed E-state index contributed by atoms with van der Waals surface area (Å²) in [6, 6.07) is 8.19. The number of carbonyl (C=O) groups is 2. The Labute approximate surface area is 168 Å². The summed E-state index contributed by atoms with van der Waals surface area (Å²) in [5.74, 6) is 0.719. The zero-order chi connectivity index (χ0) is 20.1. The molecule has 0 saturated carbocycles. The van der Waals surface area contributed by atoms with Gasteiger partial charge in [-0.2, -0.15) is 0 Å². The second kappa shape index (κ2) is 9.41. The highest BCUT2D eigenvalue weighted by atomic mass is 16.5. The van der Waals surface area contributed by atoms with Crippen molar-refractivity contribution < 1.29 is 14.3 Å². The lowest BCUT2D eigenvalue weighted by Gasteiger charge is -2.38. The maximum atomic E-state index is 12.7. The molecule has 2 heterocycles. The van der Waals surface area contributed by atoms with Gasteiger partial charge in [-0.15, -0.1) is 0 Å². The third-order valence-corrected chi connectivity index (χ3v) is 6.14. The van der Waals surface area contributed by atoms with Crippen LogP contribution >= 0.6 is 0 Å². The van der Waals surface area contributed by atoms with Crippen LogP contribution in [-0.4, -0.2) is 66.5 Å². The van der Waals surface area contributed by atoms with E-state index in [1.807, 2.05) is 16.8 Å². The minimum absolute atomic E-state index is 0.0345. The molecule has 0 spiro atoms. The van der Waals surface area contributed by atoms with Gasteiger partial charge < -0.3 is 19.9 Å². The lowest BCUT2D eigenvalue weighted by Crippen LogP contribution is -2.49. The zero-order valence-electron chi connectivity index (χ0n) is 17.3. The maximum absolute atomic E-state index is 12.7. The van der Waals surface area contributed by atoms with E-state index in [9.17, 15) is 9.59 Å². The fourth-order valence-corrected chi connectivity index (χ4v) is 4.38. The van der Waals surface area contributed by atoms with Crippen LogP contribution in [-0.2, 0) is 4.79 Å². The van der Waals surface area contributed by atoms with Crippen LogP contribution in [0.1, 0.15) is 56.3 Å². The molecular formula is C22H33N3O3. The molecule has 0 radical (unpaired) electrons. The molecule has 2 saturated heterocycles. The van der Waals surface area contributed by atoms with Crippen molar-refractivity contribution in [2.75, 3.05) is 26.7 Å². The Morgan fingerprint density at radius 3 is 2.21 bits per heavy atom. The Kier molecular flexibility index (Phi) is 6.94. The smallest absolute Gasteiger partial charge is 0.260 e. The van der Waals surface area contributed by atoms with Gasteiger partial charge in [0.25, 0.3) is 11.8 Å². The molecule has 2 atom stereocenters. The number of rotatable bonds is 5. The number of hydrogen-bond acceptors (Lipinski definition) is 4. The Balaban J connectivity index is 1.51. The van der Waals surface area contributed by atoms with E-state index in [0.717, 1.165) is 38.8 Å². The number of likely N-dealkylation sites (tertiary alicyclic amines) is 2. The topological polar surface area (TPSA) is 61.9 Å². The van der Waals surface area contributed by atoms with E-state index in [1.54, 1.807) is 24.3 Å². The molecule has 3 rings (SSSR count). The van der Waals surface area contributed by atoms with Gasteiger partial charge in [0.1, 0.15) is 5.75 Å². The number of amides is 2. The van der Waals surface area contributed by atoms with Gasteiger partial charge in [0, 0.05) is 36.8 Å². The van der Waals surface area contributed by atoms with Gasteiger partial charge in [0.2, 0.25) is 0 Å². The second-order valence-corrected chi connectivity index (χ2v) is 8.10. The van der Waals surface area contributed by atoms with E-state index in [-0.39, 0.29) is 30.5 Å². The fourth-order valence-electron chi connectivity index (χ4n) is 4.38. The Morgan fingerprint density at radius 2 is 1.64 bits per heavy atom. The van der Waals surface area contributed by atoms with Crippen LogP contribution in [0.25, 0.3) is 0 Å². The van der Waals surface area contributed by atoms with E-state index < -0.39 is 0 Å². The first-order valence-electron chi connectivity index (χ1n) is 10.5. The van der Waals surface area contributed by atoms with Crippen LogP contribution in [0.5, 0.6) is 5.75 Å². The van der Waals surface area contributed by atoms with Crippen molar-refractivity contribution in [3.63, 3.8) is 0 Å². The van der Waals surface area contributed by atoms with E-state index in [4.69, 9.17) is 4.74 Å². The first-order chi connectivity index (χ1) is 13.5. The van der Waals surface area contributed by atoms with Crippen LogP contribution < -0.4 is 10.1 Å². The number of ether oxygens (including phenoxy) is 1. The van der Waals surface area contributed by atoms with Gasteiger partial charge in [-0.1, -0.05) is 0 Å². The summed E-state index contributed by atoms with van der Waals surface area (Å²) in [6.07, 6.45) is 5.25. The summed E-state index contributed by atoms with van der Waals surface area (Å²) in [7, 11) is 1.97. The summed E-state index contributed by atoms with van der Waals surface area (Å²) in [4.78, 5) is 29.1. The van der Waals surface area contributed by atoms with Crippen molar-refractivity contribution >= 4 is 11.8 Å². The van der Waals surface area contributed by atoms with Crippen molar-refractivity contribution in [1.29, 1.82) is 0 Å². The van der Waals surface area contributed by atoms with Crippen molar-refractivity contribution in [2.24, 2.45) is 0 Å². The Morgan fingerprint density at radius 1 is 1.04 bits per heavy atom. The molecule has 2 amide bonds. The average molecular weight is 388 g/mol. The largest absolute Gasteiger partial charge is 0.484 e. The summed E-state index contributed by atoms with van der Waals surface area (Å²) >= 11 is 0. The van der Waals surface area contributed by atoms with Crippen LogP contribution in [0.4, 0.5) is 0 Å². The predicted octanol–water partition coefficient (Wildman–Crippen LogP) is 2.68. The molecular weight excluding hydrogens is 354 g/mol. The molecule has 1 aromatic rings. The molecule has 6 heteroatoms. The SMILES string of the molecule is CNC1CCN(C(=O)c2ccc(OCC(=O)N3C(C)CCCC3C)cc2)CC1. The van der Waals surface area contributed by atoms with Gasteiger partial charge in [0.05, 0.1) is 0 Å². The minimum Gasteiger partial charge on any atom is -0.484 e. The third kappa shape index (κ3) is 4.85. The van der Waals surface area contributed by atoms with Crippen LogP contribution in [0.15, 0.2) is 24.3 Å². The van der Waals surface area contributed by atoms with Crippen LogP contribution in [0.3, 0.4) is 0 Å². The summed E-state index contributed by atoms with van der Waals surface area (Å²) in [5.41, 5.74) is 0.667. The first kappa shape index (κ1) is 20.6. The molecule has 0 aliphatic carbocycles. The highest BCUT2D eigenvalue weighted by Gasteiger charge is 2.29. The van der Waals surface area contributed by atoms with Gasteiger partial charge in [0.15, 0.2) is 6.61 Å². The molecule has 1 N–H and O–H groups in total. The zero-order valence-corrected chi connectivity index (χ0v) is 17.3. The second-order valence-electron chi connectivity index (χ2n) is 8.10. The van der Waals surface area contributed by atoms with E-state index >= 15 is 0 Å². The lowest BCUT2D eigenvalue weighted by molar-refractivity contribution is -0.139. The van der Waals surface area contributed by atoms with E-state index in [2.05, 4.69) is 19.2 Å². The Hall–Kier alpha value is -2.08. The Bertz CT molecular complexity index is 658. The lowest BCUT2D eigenvalue weighted by atomic mass is 9.97. The standard InChI is InChI=1S/C22H33N3O3/c1-16-5-4-6-17(2)25(16)21(26)15-28-20-9-7-18(8-10-20)22(27)24-13-11-19(23-3)12-14-24/h7-10,16-17,19,23H,4-6,11-15H2,1-3H3. The van der Waals surface area contributed by atoms with E-state index in [0.29, 0.717) is 17.4 Å². The quantitative estimate of drug-likeness (QED) is 0.844. The molecule has 28 heavy (non-hydrogen) atoms. The van der Waals surface area contributed by atoms with Gasteiger partial charge >= 0.3 is 0 Å². The van der Waals surface area contributed by atoms with Crippen LogP contribution in [0, 0.1) is 0 Å². The number of benzene rings is 1. The average Bonchev–Trinajstić information content (AvgIpc) is 2.72. The number of nitrogens with one attached hydrogen (secondary N) is 1. The predicted molar refractivity (Wildman–Crippen MR) is 110 cm³/mol. The van der Waals surface area contributed by atoms with Gasteiger partial charge in [-0.25, -0.2) is 0 Å². The molecule has 154 valence electrons. The molecule has 6 nitrogen and oxygen atoms in total. The highest BCUT2D eigenvalue weighted by Crippen LogP contribution is 2.23. The van der Waals surface area contributed by atoms with Crippen molar-refractivity contribution in [2.45, 2.75) is 64.1 Å². The fraction of sp³-hybridized carbons (Fsp3) is 0.636. The van der Waals surface area contributed by atoms with Crippen molar-refractivity contribution in [1.82, 2.24) is 15.1 Å². The number of piperidine rings is 2. The third-order valence-electron chi connectivity index (χ3n) is 6.14. The van der Waals surface area contributed by atoms with Crippen molar-refractivity contribution in [3.05, 3.63) is 29.8 Å². The molecule has 2 aliphatic rings. The summed E-state index contributed by atoms with van der Waals surface area (Å²) in [6.45, 7) is 5.81. The highest BCUT2D eigenvalue weighted by molar-refractivity contribution is 5.94. The first-order valence-corrected chi connectivity index (χ1v) is 10.5. The summed E-state index contributed by atoms with van der Waals surface area (Å²) in [5, 5.41) is 3.28. The minimum atomic E-state index is 0.0345. The number of hydrogen-bond donors (Lipinski definition) is 1.